The molecule has 1 aromatic heterocycles. The second-order valence-electron chi connectivity index (χ2n) is 6.80. The second kappa shape index (κ2) is 14.5. The summed E-state index contributed by atoms with van der Waals surface area (Å²) in [5.41, 5.74) is 1.61. The van der Waals surface area contributed by atoms with Gasteiger partial charge >= 0.3 is 0 Å². The molecule has 1 aromatic rings. The molecule has 0 aliphatic rings. The minimum Gasteiger partial charge on any atom is -0.508 e. The van der Waals surface area contributed by atoms with Crippen molar-refractivity contribution in [3.05, 3.63) is 47.5 Å². The maximum Gasteiger partial charge on any atom is 0.111 e. The molecule has 0 aliphatic carbocycles. The van der Waals surface area contributed by atoms with E-state index in [-0.39, 0.29) is 12.4 Å². The molecular weight excluding hydrogens is 326 g/mol. The van der Waals surface area contributed by atoms with Crippen LogP contribution >= 0.6 is 0 Å². The zero-order valence-electron chi connectivity index (χ0n) is 16.1. The Kier molecular flexibility index (Phi) is 12.5. The SMILES string of the molecule is CCCCCCC/C=C(O)/C=C/c1cccc(CC(O)CCCCO)n1. The van der Waals surface area contributed by atoms with Crippen molar-refractivity contribution in [2.75, 3.05) is 6.61 Å². The molecule has 0 spiro atoms. The minimum absolute atomic E-state index is 0.168. The predicted molar refractivity (Wildman–Crippen MR) is 108 cm³/mol. The summed E-state index contributed by atoms with van der Waals surface area (Å²) in [6.07, 6.45) is 14.6. The Morgan fingerprint density at radius 2 is 1.92 bits per heavy atom. The van der Waals surface area contributed by atoms with Crippen molar-refractivity contribution in [2.45, 2.75) is 77.2 Å². The molecule has 0 amide bonds. The third-order valence-electron chi connectivity index (χ3n) is 4.30. The van der Waals surface area contributed by atoms with Gasteiger partial charge in [-0.15, -0.1) is 0 Å². The van der Waals surface area contributed by atoms with Gasteiger partial charge in [0, 0.05) is 18.7 Å². The molecule has 4 heteroatoms. The van der Waals surface area contributed by atoms with Crippen LogP contribution in [-0.2, 0) is 6.42 Å². The summed E-state index contributed by atoms with van der Waals surface area (Å²) in [7, 11) is 0. The highest BCUT2D eigenvalue weighted by molar-refractivity contribution is 5.48. The fourth-order valence-electron chi connectivity index (χ4n) is 2.78. The average molecular weight is 362 g/mol. The topological polar surface area (TPSA) is 73.6 Å². The first-order chi connectivity index (χ1) is 12.7. The molecule has 0 bridgehead atoms. The van der Waals surface area contributed by atoms with Gasteiger partial charge in [-0.25, -0.2) is 0 Å². The number of nitrogens with zero attached hydrogens (tertiary/aromatic N) is 1. The molecule has 0 saturated carbocycles. The van der Waals surface area contributed by atoms with Crippen LogP contribution in [0.2, 0.25) is 0 Å². The van der Waals surface area contributed by atoms with E-state index in [1.54, 1.807) is 12.2 Å². The van der Waals surface area contributed by atoms with Crippen LogP contribution in [0.3, 0.4) is 0 Å². The lowest BCUT2D eigenvalue weighted by molar-refractivity contribution is 0.156. The van der Waals surface area contributed by atoms with Crippen LogP contribution in [-0.4, -0.2) is 33.0 Å². The molecule has 0 saturated heterocycles. The van der Waals surface area contributed by atoms with Gasteiger partial charge in [0.1, 0.15) is 5.76 Å². The molecule has 0 aromatic carbocycles. The molecule has 4 nitrogen and oxygen atoms in total. The van der Waals surface area contributed by atoms with E-state index in [9.17, 15) is 10.2 Å². The largest absolute Gasteiger partial charge is 0.508 e. The monoisotopic (exact) mass is 361 g/mol. The summed E-state index contributed by atoms with van der Waals surface area (Å²) < 4.78 is 0. The summed E-state index contributed by atoms with van der Waals surface area (Å²) in [5, 5.41) is 28.7. The van der Waals surface area contributed by atoms with Gasteiger partial charge in [0.05, 0.1) is 11.8 Å². The normalized spacial score (nSPS) is 13.4. The van der Waals surface area contributed by atoms with Crippen LogP contribution in [0.4, 0.5) is 0 Å². The molecule has 26 heavy (non-hydrogen) atoms. The van der Waals surface area contributed by atoms with Crippen molar-refractivity contribution in [2.24, 2.45) is 0 Å². The van der Waals surface area contributed by atoms with Gasteiger partial charge in [-0.2, -0.15) is 0 Å². The predicted octanol–water partition coefficient (Wildman–Crippen LogP) is 4.96. The molecule has 1 rings (SSSR count). The Morgan fingerprint density at radius 3 is 2.69 bits per heavy atom. The Hall–Kier alpha value is -1.65. The van der Waals surface area contributed by atoms with E-state index in [4.69, 9.17) is 5.11 Å². The van der Waals surface area contributed by atoms with Crippen molar-refractivity contribution in [1.82, 2.24) is 4.98 Å². The molecular formula is C22H35NO3. The molecule has 0 fully saturated rings. The smallest absolute Gasteiger partial charge is 0.111 e. The quantitative estimate of drug-likeness (QED) is 0.249. The highest BCUT2D eigenvalue weighted by atomic mass is 16.3. The number of hydrogen-bond acceptors (Lipinski definition) is 4. The van der Waals surface area contributed by atoms with Crippen LogP contribution in [0.25, 0.3) is 6.08 Å². The number of aromatic nitrogens is 1. The first-order valence-corrected chi connectivity index (χ1v) is 9.97. The average Bonchev–Trinajstić information content (AvgIpc) is 2.63. The molecule has 1 atom stereocenters. The van der Waals surface area contributed by atoms with Crippen molar-refractivity contribution < 1.29 is 15.3 Å². The maximum absolute atomic E-state index is 10.0. The van der Waals surface area contributed by atoms with Crippen molar-refractivity contribution in [3.63, 3.8) is 0 Å². The van der Waals surface area contributed by atoms with Crippen molar-refractivity contribution >= 4 is 6.08 Å². The zero-order valence-corrected chi connectivity index (χ0v) is 16.1. The molecule has 1 unspecified atom stereocenters. The number of unbranched alkanes of at least 4 members (excludes halogenated alkanes) is 6. The van der Waals surface area contributed by atoms with Crippen LogP contribution in [0.1, 0.15) is 76.1 Å². The van der Waals surface area contributed by atoms with E-state index < -0.39 is 6.10 Å². The Bertz CT molecular complexity index is 540. The molecule has 0 aliphatic heterocycles. The van der Waals surface area contributed by atoms with Crippen LogP contribution in [0, 0.1) is 0 Å². The first-order valence-electron chi connectivity index (χ1n) is 9.97. The molecule has 0 radical (unpaired) electrons. The lowest BCUT2D eigenvalue weighted by atomic mass is 10.1. The van der Waals surface area contributed by atoms with Gasteiger partial charge in [0.25, 0.3) is 0 Å². The van der Waals surface area contributed by atoms with Gasteiger partial charge in [-0.1, -0.05) is 38.7 Å². The summed E-state index contributed by atoms with van der Waals surface area (Å²) in [4.78, 5) is 4.51. The fraction of sp³-hybridized carbons (Fsp3) is 0.591. The molecule has 146 valence electrons. The van der Waals surface area contributed by atoms with E-state index in [1.807, 2.05) is 24.3 Å². The summed E-state index contributed by atoms with van der Waals surface area (Å²) in [5.74, 6) is 0.275. The van der Waals surface area contributed by atoms with Crippen LogP contribution in [0.5, 0.6) is 0 Å². The van der Waals surface area contributed by atoms with Gasteiger partial charge in [-0.05, 0) is 62.5 Å². The minimum atomic E-state index is -0.436. The maximum atomic E-state index is 10.0. The molecule has 1 heterocycles. The van der Waals surface area contributed by atoms with E-state index in [0.717, 1.165) is 37.1 Å². The van der Waals surface area contributed by atoms with E-state index in [2.05, 4.69) is 11.9 Å². The Morgan fingerprint density at radius 1 is 1.12 bits per heavy atom. The van der Waals surface area contributed by atoms with Crippen molar-refractivity contribution in [3.8, 4) is 0 Å². The Balaban J connectivity index is 2.42. The number of aliphatic hydroxyl groups is 3. The third-order valence-corrected chi connectivity index (χ3v) is 4.30. The number of pyridine rings is 1. The van der Waals surface area contributed by atoms with Gasteiger partial charge in [0.15, 0.2) is 0 Å². The summed E-state index contributed by atoms with van der Waals surface area (Å²) >= 11 is 0. The van der Waals surface area contributed by atoms with Crippen molar-refractivity contribution in [1.29, 1.82) is 0 Å². The highest BCUT2D eigenvalue weighted by Crippen LogP contribution is 2.10. The lowest BCUT2D eigenvalue weighted by Crippen LogP contribution is -2.11. The van der Waals surface area contributed by atoms with E-state index in [1.165, 1.54) is 25.7 Å². The first kappa shape index (κ1) is 22.4. The molecule has 3 N–H and O–H groups in total. The second-order valence-corrected chi connectivity index (χ2v) is 6.80. The van der Waals surface area contributed by atoms with Gasteiger partial charge in [-0.3, -0.25) is 4.98 Å². The number of hydrogen-bond donors (Lipinski definition) is 3. The standard InChI is InChI=1S/C22H35NO3/c1-2-3-4-5-6-7-13-21(25)16-15-19-11-10-12-20(23-19)18-22(26)14-8-9-17-24/h10-13,15-16,22,24-26H,2-9,14,17-18H2,1H3/b16-15+,21-13-. The van der Waals surface area contributed by atoms with Gasteiger partial charge < -0.3 is 15.3 Å². The third kappa shape index (κ3) is 11.1. The lowest BCUT2D eigenvalue weighted by Gasteiger charge is -2.09. The van der Waals surface area contributed by atoms with E-state index >= 15 is 0 Å². The number of aliphatic hydroxyl groups excluding tert-OH is 3. The number of rotatable bonds is 14. The number of allylic oxidation sites excluding steroid dienone is 2. The Labute approximate surface area is 158 Å². The summed E-state index contributed by atoms with van der Waals surface area (Å²) in [6.45, 7) is 2.37. The van der Waals surface area contributed by atoms with Crippen LogP contribution in [0.15, 0.2) is 36.1 Å². The summed E-state index contributed by atoms with van der Waals surface area (Å²) in [6, 6.07) is 5.70. The van der Waals surface area contributed by atoms with Gasteiger partial charge in [0.2, 0.25) is 0 Å². The fourth-order valence-corrected chi connectivity index (χ4v) is 2.78. The van der Waals surface area contributed by atoms with E-state index in [0.29, 0.717) is 12.8 Å². The van der Waals surface area contributed by atoms with Crippen LogP contribution < -0.4 is 0 Å². The zero-order chi connectivity index (χ0) is 19.0. The highest BCUT2D eigenvalue weighted by Gasteiger charge is 2.06.